The Hall–Kier alpha value is -2.21. The lowest BCUT2D eigenvalue weighted by molar-refractivity contribution is -0.140. The quantitative estimate of drug-likeness (QED) is 0.936. The van der Waals surface area contributed by atoms with E-state index in [-0.39, 0.29) is 11.7 Å². The van der Waals surface area contributed by atoms with Gasteiger partial charge >= 0.3 is 0 Å². The highest BCUT2D eigenvalue weighted by Gasteiger charge is 2.41. The highest BCUT2D eigenvalue weighted by atomic mass is 19.1. The zero-order chi connectivity index (χ0) is 17.5. The van der Waals surface area contributed by atoms with Crippen LogP contribution in [0.2, 0.25) is 0 Å². The first-order valence-corrected chi connectivity index (χ1v) is 8.15. The fraction of sp³-hybridized carbons (Fsp3) is 0.444. The summed E-state index contributed by atoms with van der Waals surface area (Å²) in [6.45, 7) is 7.67. The highest BCUT2D eigenvalue weighted by Crippen LogP contribution is 2.35. The molecule has 0 fully saturated rings. The molecule has 0 aliphatic carbocycles. The summed E-state index contributed by atoms with van der Waals surface area (Å²) in [5.41, 5.74) is 2.11. The second kappa shape index (κ2) is 6.02. The van der Waals surface area contributed by atoms with Crippen molar-refractivity contribution >= 4 is 5.91 Å². The number of hydrogen-bond donors (Lipinski definition) is 1. The molecular weight excluding hydrogens is 307 g/mol. The van der Waals surface area contributed by atoms with Crippen molar-refractivity contribution < 1.29 is 9.18 Å². The van der Waals surface area contributed by atoms with E-state index in [1.54, 1.807) is 12.1 Å². The highest BCUT2D eigenvalue weighted by molar-refractivity contribution is 5.79. The Morgan fingerprint density at radius 3 is 2.58 bits per heavy atom. The van der Waals surface area contributed by atoms with Crippen LogP contribution in [0.1, 0.15) is 25.4 Å². The topological polar surface area (TPSA) is 50.2 Å². The van der Waals surface area contributed by atoms with Crippen LogP contribution >= 0.6 is 0 Å². The van der Waals surface area contributed by atoms with Crippen LogP contribution in [0.25, 0.3) is 11.3 Å². The standard InChI is InChI=1S/C18H23FN4O/c1-12-16(13-5-7-14(19)8-6-13)21-17-18(2,3)23(10-9-20-4)15(24)11-22(12)17/h5-8,20H,9-11H2,1-4H3. The summed E-state index contributed by atoms with van der Waals surface area (Å²) in [7, 11) is 1.87. The van der Waals surface area contributed by atoms with Crippen molar-refractivity contribution in [3.8, 4) is 11.3 Å². The summed E-state index contributed by atoms with van der Waals surface area (Å²) in [4.78, 5) is 19.3. The van der Waals surface area contributed by atoms with Crippen LogP contribution in [0.4, 0.5) is 4.39 Å². The van der Waals surface area contributed by atoms with Gasteiger partial charge in [0.15, 0.2) is 0 Å². The Labute approximate surface area is 141 Å². The van der Waals surface area contributed by atoms with Gasteiger partial charge in [-0.3, -0.25) is 4.79 Å². The first kappa shape index (κ1) is 16.6. The van der Waals surface area contributed by atoms with Gasteiger partial charge in [0.05, 0.1) is 11.2 Å². The lowest BCUT2D eigenvalue weighted by Crippen LogP contribution is -2.54. The van der Waals surface area contributed by atoms with Crippen molar-refractivity contribution in [3.05, 3.63) is 41.6 Å². The molecular formula is C18H23FN4O. The maximum absolute atomic E-state index is 13.2. The molecule has 1 aromatic heterocycles. The fourth-order valence-corrected chi connectivity index (χ4v) is 3.36. The van der Waals surface area contributed by atoms with Crippen LogP contribution in [0.3, 0.4) is 0 Å². The van der Waals surface area contributed by atoms with Gasteiger partial charge < -0.3 is 14.8 Å². The molecule has 128 valence electrons. The summed E-state index contributed by atoms with van der Waals surface area (Å²) < 4.78 is 15.2. The van der Waals surface area contributed by atoms with Gasteiger partial charge in [0.1, 0.15) is 18.2 Å². The molecule has 5 nitrogen and oxygen atoms in total. The molecule has 3 rings (SSSR count). The third kappa shape index (κ3) is 2.60. The largest absolute Gasteiger partial charge is 0.328 e. The summed E-state index contributed by atoms with van der Waals surface area (Å²) in [5.74, 6) is 0.693. The minimum atomic E-state index is -0.491. The van der Waals surface area contributed by atoms with E-state index in [9.17, 15) is 9.18 Å². The molecule has 1 aliphatic rings. The predicted molar refractivity (Wildman–Crippen MR) is 91.0 cm³/mol. The fourth-order valence-electron chi connectivity index (χ4n) is 3.36. The van der Waals surface area contributed by atoms with E-state index in [0.717, 1.165) is 29.3 Å². The van der Waals surface area contributed by atoms with Gasteiger partial charge in [-0.2, -0.15) is 0 Å². The van der Waals surface area contributed by atoms with E-state index >= 15 is 0 Å². The van der Waals surface area contributed by atoms with E-state index in [2.05, 4.69) is 5.32 Å². The summed E-state index contributed by atoms with van der Waals surface area (Å²) in [5, 5.41) is 3.09. The van der Waals surface area contributed by atoms with E-state index in [1.807, 2.05) is 37.3 Å². The zero-order valence-corrected chi connectivity index (χ0v) is 14.6. The van der Waals surface area contributed by atoms with Crippen LogP contribution in [0.5, 0.6) is 0 Å². The van der Waals surface area contributed by atoms with Gasteiger partial charge in [-0.15, -0.1) is 0 Å². The molecule has 0 radical (unpaired) electrons. The average Bonchev–Trinajstić information content (AvgIpc) is 2.86. The molecule has 0 atom stereocenters. The van der Waals surface area contributed by atoms with Crippen LogP contribution in [0, 0.1) is 12.7 Å². The predicted octanol–water partition coefficient (Wildman–Crippen LogP) is 2.29. The molecule has 1 aromatic carbocycles. The number of fused-ring (bicyclic) bond motifs is 1. The van der Waals surface area contributed by atoms with E-state index in [0.29, 0.717) is 13.1 Å². The molecule has 24 heavy (non-hydrogen) atoms. The zero-order valence-electron chi connectivity index (χ0n) is 14.6. The molecule has 1 aliphatic heterocycles. The van der Waals surface area contributed by atoms with E-state index in [4.69, 9.17) is 4.98 Å². The molecule has 6 heteroatoms. The number of carbonyl (C=O) groups excluding carboxylic acids is 1. The van der Waals surface area contributed by atoms with Gasteiger partial charge in [-0.25, -0.2) is 9.37 Å². The molecule has 1 N–H and O–H groups in total. The molecule has 2 heterocycles. The van der Waals surface area contributed by atoms with Crippen molar-refractivity contribution in [2.24, 2.45) is 0 Å². The van der Waals surface area contributed by atoms with E-state index < -0.39 is 5.54 Å². The van der Waals surface area contributed by atoms with Gasteiger partial charge in [0, 0.05) is 24.3 Å². The number of aromatic nitrogens is 2. The van der Waals surface area contributed by atoms with Crippen molar-refractivity contribution in [2.45, 2.75) is 32.9 Å². The summed E-state index contributed by atoms with van der Waals surface area (Å²) in [6, 6.07) is 6.32. The van der Waals surface area contributed by atoms with Crippen molar-refractivity contribution in [2.75, 3.05) is 20.1 Å². The number of nitrogens with zero attached hydrogens (tertiary/aromatic N) is 3. The number of carbonyl (C=O) groups is 1. The van der Waals surface area contributed by atoms with Crippen molar-refractivity contribution in [1.82, 2.24) is 19.8 Å². The number of hydrogen-bond acceptors (Lipinski definition) is 3. The maximum Gasteiger partial charge on any atom is 0.243 e. The Kier molecular flexibility index (Phi) is 4.17. The normalized spacial score (nSPS) is 16.4. The van der Waals surface area contributed by atoms with Crippen molar-refractivity contribution in [1.29, 1.82) is 0 Å². The number of likely N-dealkylation sites (N-methyl/N-ethyl adjacent to an activating group) is 1. The molecule has 1 amide bonds. The second-order valence-corrected chi connectivity index (χ2v) is 6.67. The van der Waals surface area contributed by atoms with E-state index in [1.165, 1.54) is 12.1 Å². The SMILES string of the molecule is CNCCN1C(=O)Cn2c(nc(-c3ccc(F)cc3)c2C)C1(C)C. The number of amides is 1. The molecule has 0 spiro atoms. The summed E-state index contributed by atoms with van der Waals surface area (Å²) >= 11 is 0. The molecule has 0 saturated heterocycles. The Morgan fingerprint density at radius 2 is 1.96 bits per heavy atom. The van der Waals surface area contributed by atoms with Crippen LogP contribution in [0.15, 0.2) is 24.3 Å². The van der Waals surface area contributed by atoms with Crippen LogP contribution in [-0.2, 0) is 16.9 Å². The number of imidazole rings is 1. The minimum Gasteiger partial charge on any atom is -0.328 e. The monoisotopic (exact) mass is 330 g/mol. The maximum atomic E-state index is 13.2. The Bertz CT molecular complexity index is 764. The Morgan fingerprint density at radius 1 is 1.29 bits per heavy atom. The van der Waals surface area contributed by atoms with Crippen LogP contribution < -0.4 is 5.32 Å². The van der Waals surface area contributed by atoms with Gasteiger partial charge in [0.25, 0.3) is 0 Å². The number of nitrogens with one attached hydrogen (secondary N) is 1. The van der Waals surface area contributed by atoms with Gasteiger partial charge in [0.2, 0.25) is 5.91 Å². The first-order chi connectivity index (χ1) is 11.4. The minimum absolute atomic E-state index is 0.0916. The molecule has 0 bridgehead atoms. The smallest absolute Gasteiger partial charge is 0.243 e. The average molecular weight is 330 g/mol. The van der Waals surface area contributed by atoms with Gasteiger partial charge in [-0.1, -0.05) is 0 Å². The number of halogens is 1. The van der Waals surface area contributed by atoms with Crippen molar-refractivity contribution in [3.63, 3.8) is 0 Å². The molecule has 0 saturated carbocycles. The Balaban J connectivity index is 2.06. The first-order valence-electron chi connectivity index (χ1n) is 8.15. The third-order valence-corrected chi connectivity index (χ3v) is 4.74. The number of rotatable bonds is 4. The number of benzene rings is 1. The lowest BCUT2D eigenvalue weighted by Gasteiger charge is -2.42. The third-order valence-electron chi connectivity index (χ3n) is 4.74. The molecule has 0 unspecified atom stereocenters. The van der Waals surface area contributed by atoms with Crippen LogP contribution in [-0.4, -0.2) is 40.5 Å². The molecule has 2 aromatic rings. The lowest BCUT2D eigenvalue weighted by atomic mass is 9.98. The second-order valence-electron chi connectivity index (χ2n) is 6.67. The van der Waals surface area contributed by atoms with Gasteiger partial charge in [-0.05, 0) is 52.1 Å². The summed E-state index contributed by atoms with van der Waals surface area (Å²) in [6.07, 6.45) is 0.